The van der Waals surface area contributed by atoms with E-state index in [0.29, 0.717) is 0 Å². The zero-order chi connectivity index (χ0) is 9.19. The van der Waals surface area contributed by atoms with E-state index in [4.69, 9.17) is 0 Å². The molecule has 1 aromatic rings. The van der Waals surface area contributed by atoms with E-state index in [1.807, 2.05) is 27.1 Å². The molecule has 1 aromatic heterocycles. The van der Waals surface area contributed by atoms with Gasteiger partial charge in [0.15, 0.2) is 0 Å². The van der Waals surface area contributed by atoms with Gasteiger partial charge in [0.2, 0.25) is 0 Å². The van der Waals surface area contributed by atoms with Gasteiger partial charge in [-0.05, 0) is 12.8 Å². The van der Waals surface area contributed by atoms with Gasteiger partial charge in [0.25, 0.3) is 0 Å². The van der Waals surface area contributed by atoms with Crippen LogP contribution in [0.2, 0.25) is 0 Å². The van der Waals surface area contributed by atoms with Crippen molar-refractivity contribution in [3.8, 4) is 0 Å². The molecule has 0 radical (unpaired) electrons. The molecule has 0 saturated heterocycles. The first-order valence-corrected chi connectivity index (χ1v) is 4.34. The molecule has 0 bridgehead atoms. The Bertz CT molecular complexity index is 251. The minimum absolute atomic E-state index is 0.686. The van der Waals surface area contributed by atoms with Crippen LogP contribution in [0.1, 0.15) is 32.3 Å². The van der Waals surface area contributed by atoms with E-state index in [1.165, 1.54) is 0 Å². The summed E-state index contributed by atoms with van der Waals surface area (Å²) in [4.78, 5) is 0. The molecule has 0 aliphatic heterocycles. The topological polar surface area (TPSA) is 38.1 Å². The number of aryl methyl sites for hydroxylation is 1. The Kier molecular flexibility index (Phi) is 2.52. The Morgan fingerprint density at radius 1 is 1.50 bits per heavy atom. The molecule has 0 spiro atoms. The molecule has 0 aliphatic carbocycles. The summed E-state index contributed by atoms with van der Waals surface area (Å²) in [6.45, 7) is 3.97. The van der Waals surface area contributed by atoms with E-state index >= 15 is 0 Å². The van der Waals surface area contributed by atoms with Gasteiger partial charge in [-0.2, -0.15) is 5.10 Å². The van der Waals surface area contributed by atoms with Crippen LogP contribution in [-0.4, -0.2) is 14.9 Å². The summed E-state index contributed by atoms with van der Waals surface area (Å²) in [6.07, 6.45) is 5.06. The summed E-state index contributed by atoms with van der Waals surface area (Å²) in [5.41, 5.74) is 0.226. The first-order valence-electron chi connectivity index (χ1n) is 4.34. The lowest BCUT2D eigenvalue weighted by atomic mass is 9.91. The van der Waals surface area contributed by atoms with Crippen LogP contribution in [0.25, 0.3) is 0 Å². The van der Waals surface area contributed by atoms with Gasteiger partial charge in [0.1, 0.15) is 0 Å². The average Bonchev–Trinajstić information content (AvgIpc) is 2.51. The molecule has 1 N–H and O–H groups in total. The third-order valence-corrected chi connectivity index (χ3v) is 2.41. The van der Waals surface area contributed by atoms with Crippen molar-refractivity contribution in [3.63, 3.8) is 0 Å². The number of hydrogen-bond acceptors (Lipinski definition) is 2. The minimum Gasteiger partial charge on any atom is -0.385 e. The number of aromatic nitrogens is 2. The van der Waals surface area contributed by atoms with E-state index < -0.39 is 5.60 Å². The second-order valence-electron chi connectivity index (χ2n) is 3.14. The lowest BCUT2D eigenvalue weighted by molar-refractivity contribution is 0.0283. The smallest absolute Gasteiger partial charge is 0.0921 e. The lowest BCUT2D eigenvalue weighted by Gasteiger charge is -2.23. The Morgan fingerprint density at radius 2 is 2.08 bits per heavy atom. The maximum absolute atomic E-state index is 10.1. The van der Waals surface area contributed by atoms with Crippen LogP contribution in [-0.2, 0) is 12.6 Å². The Hall–Kier alpha value is -0.830. The van der Waals surface area contributed by atoms with Gasteiger partial charge < -0.3 is 5.11 Å². The number of hydrogen-bond donors (Lipinski definition) is 1. The molecule has 0 amide bonds. The van der Waals surface area contributed by atoms with Gasteiger partial charge in [-0.25, -0.2) is 0 Å². The van der Waals surface area contributed by atoms with Crippen molar-refractivity contribution in [2.45, 2.75) is 32.3 Å². The van der Waals surface area contributed by atoms with Crippen LogP contribution < -0.4 is 0 Å². The van der Waals surface area contributed by atoms with Gasteiger partial charge in [0.05, 0.1) is 11.8 Å². The number of nitrogens with zero attached hydrogens (tertiary/aromatic N) is 2. The van der Waals surface area contributed by atoms with Crippen molar-refractivity contribution in [2.24, 2.45) is 7.05 Å². The normalized spacial score (nSPS) is 12.0. The van der Waals surface area contributed by atoms with E-state index in [-0.39, 0.29) is 0 Å². The second kappa shape index (κ2) is 3.27. The van der Waals surface area contributed by atoms with Gasteiger partial charge >= 0.3 is 0 Å². The first-order chi connectivity index (χ1) is 5.62. The average molecular weight is 168 g/mol. The third kappa shape index (κ3) is 1.50. The van der Waals surface area contributed by atoms with Crippen molar-refractivity contribution in [3.05, 3.63) is 18.0 Å². The first kappa shape index (κ1) is 9.26. The van der Waals surface area contributed by atoms with Gasteiger partial charge in [-0.15, -0.1) is 0 Å². The summed E-state index contributed by atoms with van der Waals surface area (Å²) < 4.78 is 1.71. The highest BCUT2D eigenvalue weighted by Crippen LogP contribution is 2.27. The predicted molar refractivity (Wildman–Crippen MR) is 47.7 cm³/mol. The number of aliphatic hydroxyl groups is 1. The zero-order valence-corrected chi connectivity index (χ0v) is 7.91. The van der Waals surface area contributed by atoms with E-state index in [0.717, 1.165) is 18.4 Å². The van der Waals surface area contributed by atoms with Gasteiger partial charge in [0, 0.05) is 18.8 Å². The van der Waals surface area contributed by atoms with Crippen LogP contribution in [0.5, 0.6) is 0 Å². The minimum atomic E-state index is -0.686. The van der Waals surface area contributed by atoms with Crippen molar-refractivity contribution in [1.82, 2.24) is 9.78 Å². The summed E-state index contributed by atoms with van der Waals surface area (Å²) in [7, 11) is 1.86. The maximum atomic E-state index is 10.1. The highest BCUT2D eigenvalue weighted by Gasteiger charge is 2.25. The highest BCUT2D eigenvalue weighted by atomic mass is 16.3. The second-order valence-corrected chi connectivity index (χ2v) is 3.14. The van der Waals surface area contributed by atoms with Gasteiger partial charge in [-0.3, -0.25) is 4.68 Å². The van der Waals surface area contributed by atoms with Crippen molar-refractivity contribution >= 4 is 0 Å². The summed E-state index contributed by atoms with van der Waals surface area (Å²) in [5.74, 6) is 0. The van der Waals surface area contributed by atoms with Crippen molar-refractivity contribution in [1.29, 1.82) is 0 Å². The molecule has 12 heavy (non-hydrogen) atoms. The quantitative estimate of drug-likeness (QED) is 0.741. The standard InChI is InChI=1S/C9H16N2O/c1-4-9(12,5-2)8-6-10-11(3)7-8/h6-7,12H,4-5H2,1-3H3. The third-order valence-electron chi connectivity index (χ3n) is 2.41. The van der Waals surface area contributed by atoms with Crippen LogP contribution in [0, 0.1) is 0 Å². The van der Waals surface area contributed by atoms with Crippen LogP contribution in [0.15, 0.2) is 12.4 Å². The summed E-state index contributed by atoms with van der Waals surface area (Å²) in [5, 5.41) is 14.1. The summed E-state index contributed by atoms with van der Waals surface area (Å²) >= 11 is 0. The summed E-state index contributed by atoms with van der Waals surface area (Å²) in [6, 6.07) is 0. The highest BCUT2D eigenvalue weighted by molar-refractivity contribution is 5.14. The zero-order valence-electron chi connectivity index (χ0n) is 7.91. The molecule has 0 saturated carbocycles. The van der Waals surface area contributed by atoms with Crippen molar-refractivity contribution in [2.75, 3.05) is 0 Å². The molecule has 3 nitrogen and oxygen atoms in total. The Morgan fingerprint density at radius 3 is 2.42 bits per heavy atom. The van der Waals surface area contributed by atoms with E-state index in [2.05, 4.69) is 5.10 Å². The van der Waals surface area contributed by atoms with Gasteiger partial charge in [-0.1, -0.05) is 13.8 Å². The molecule has 1 heterocycles. The molecular formula is C9H16N2O. The number of rotatable bonds is 3. The van der Waals surface area contributed by atoms with E-state index in [1.54, 1.807) is 10.9 Å². The Balaban J connectivity index is 2.94. The van der Waals surface area contributed by atoms with Crippen LogP contribution in [0.3, 0.4) is 0 Å². The molecule has 0 fully saturated rings. The molecule has 3 heteroatoms. The monoisotopic (exact) mass is 168 g/mol. The largest absolute Gasteiger partial charge is 0.385 e. The fourth-order valence-electron chi connectivity index (χ4n) is 1.32. The van der Waals surface area contributed by atoms with Crippen molar-refractivity contribution < 1.29 is 5.11 Å². The fraction of sp³-hybridized carbons (Fsp3) is 0.667. The molecule has 68 valence electrons. The molecule has 1 rings (SSSR count). The maximum Gasteiger partial charge on any atom is 0.0921 e. The molecule has 0 aromatic carbocycles. The lowest BCUT2D eigenvalue weighted by Crippen LogP contribution is -2.22. The molecule has 0 atom stereocenters. The van der Waals surface area contributed by atoms with Crippen LogP contribution >= 0.6 is 0 Å². The van der Waals surface area contributed by atoms with Crippen LogP contribution in [0.4, 0.5) is 0 Å². The molecule has 0 aliphatic rings. The Labute approximate surface area is 73.0 Å². The SMILES string of the molecule is CCC(O)(CC)c1cnn(C)c1. The molecule has 0 unspecified atom stereocenters. The fourth-order valence-corrected chi connectivity index (χ4v) is 1.32. The van der Waals surface area contributed by atoms with E-state index in [9.17, 15) is 5.11 Å². The molecular weight excluding hydrogens is 152 g/mol. The predicted octanol–water partition coefficient (Wildman–Crippen LogP) is 1.43.